The molecule has 1 amide bonds. The van der Waals surface area contributed by atoms with Gasteiger partial charge in [0.2, 0.25) is 5.91 Å². The van der Waals surface area contributed by atoms with Crippen LogP contribution in [0.1, 0.15) is 38.7 Å². The van der Waals surface area contributed by atoms with Crippen molar-refractivity contribution in [3.8, 4) is 0 Å². The zero-order valence-corrected chi connectivity index (χ0v) is 15.7. The smallest absolute Gasteiger partial charge is 0.253 e. The number of primary amides is 1. The van der Waals surface area contributed by atoms with Gasteiger partial charge >= 0.3 is 0 Å². The lowest BCUT2D eigenvalue weighted by atomic mass is 9.65. The Hall–Kier alpha value is -1.44. The summed E-state index contributed by atoms with van der Waals surface area (Å²) in [7, 11) is -3.76. The Labute approximate surface area is 148 Å². The molecule has 6 nitrogen and oxygen atoms in total. The molecule has 136 valence electrons. The molecule has 1 aromatic carbocycles. The van der Waals surface area contributed by atoms with Gasteiger partial charge in [0, 0.05) is 12.0 Å². The highest BCUT2D eigenvalue weighted by atomic mass is 32.2. The SMILES string of the molecule is Cc1ccc(S(=O)(=O)NN2C[C@@]3(C)[C@H]4CC[C@@]3(C)[C@@]2(C(N)=O)C4)cc1. The van der Waals surface area contributed by atoms with Gasteiger partial charge in [0.05, 0.1) is 4.90 Å². The van der Waals surface area contributed by atoms with Crippen LogP contribution >= 0.6 is 0 Å². The summed E-state index contributed by atoms with van der Waals surface area (Å²) in [5.41, 5.74) is 5.50. The van der Waals surface area contributed by atoms with E-state index >= 15 is 0 Å². The highest BCUT2D eigenvalue weighted by molar-refractivity contribution is 7.89. The Bertz CT molecular complexity index is 853. The van der Waals surface area contributed by atoms with Gasteiger partial charge in [-0.15, -0.1) is 4.83 Å². The summed E-state index contributed by atoms with van der Waals surface area (Å²) >= 11 is 0. The average Bonchev–Trinajstić information content (AvgIpc) is 2.96. The lowest BCUT2D eigenvalue weighted by Crippen LogP contribution is -2.65. The van der Waals surface area contributed by atoms with Crippen LogP contribution < -0.4 is 10.6 Å². The number of benzene rings is 1. The Kier molecular flexibility index (Phi) is 3.29. The zero-order chi connectivity index (χ0) is 18.3. The van der Waals surface area contributed by atoms with Gasteiger partial charge in [0.15, 0.2) is 0 Å². The van der Waals surface area contributed by atoms with Gasteiger partial charge in [-0.2, -0.15) is 0 Å². The molecule has 0 spiro atoms. The van der Waals surface area contributed by atoms with Gasteiger partial charge in [-0.1, -0.05) is 31.5 Å². The molecule has 3 N–H and O–H groups in total. The maximum absolute atomic E-state index is 12.9. The Morgan fingerprint density at radius 1 is 1.28 bits per heavy atom. The molecule has 4 bridgehead atoms. The topological polar surface area (TPSA) is 92.5 Å². The molecule has 0 aromatic heterocycles. The number of hydrazine groups is 1. The minimum atomic E-state index is -3.76. The number of hydrogen-bond donors (Lipinski definition) is 2. The molecular weight excluding hydrogens is 338 g/mol. The van der Waals surface area contributed by atoms with E-state index in [2.05, 4.69) is 18.7 Å². The quantitative estimate of drug-likeness (QED) is 0.849. The highest BCUT2D eigenvalue weighted by Gasteiger charge is 2.80. The fourth-order valence-corrected chi connectivity index (χ4v) is 6.92. The third-order valence-corrected chi connectivity index (χ3v) is 8.88. The van der Waals surface area contributed by atoms with Crippen LogP contribution in [0.4, 0.5) is 0 Å². The fourth-order valence-electron chi connectivity index (χ4n) is 5.81. The predicted octanol–water partition coefficient (Wildman–Crippen LogP) is 1.55. The number of nitrogens with one attached hydrogen (secondary N) is 1. The van der Waals surface area contributed by atoms with Crippen LogP contribution in [0, 0.1) is 23.7 Å². The predicted molar refractivity (Wildman–Crippen MR) is 93.7 cm³/mol. The van der Waals surface area contributed by atoms with Crippen molar-refractivity contribution in [1.82, 2.24) is 9.84 Å². The second-order valence-corrected chi connectivity index (χ2v) is 10.1. The standard InChI is InChI=1S/C18H25N3O3S/c1-12-4-6-14(7-5-12)25(23,24)20-21-11-16(2)13-8-9-17(16,3)18(21,10-13)15(19)22/h4-7,13,20H,8-11H2,1-3H3,(H2,19,22)/t13-,16-,17+,18-/m0/s1. The number of nitrogens with two attached hydrogens (primary N) is 1. The third kappa shape index (κ3) is 1.86. The zero-order valence-electron chi connectivity index (χ0n) is 14.9. The number of amides is 1. The van der Waals surface area contributed by atoms with Crippen molar-refractivity contribution in [2.24, 2.45) is 22.5 Å². The lowest BCUT2D eigenvalue weighted by molar-refractivity contribution is -0.137. The number of hydrogen-bond acceptors (Lipinski definition) is 4. The summed E-state index contributed by atoms with van der Waals surface area (Å²) in [6.45, 7) is 6.70. The molecule has 0 unspecified atom stereocenters. The third-order valence-electron chi connectivity index (χ3n) is 7.53. The van der Waals surface area contributed by atoms with E-state index in [0.717, 1.165) is 18.4 Å². The van der Waals surface area contributed by atoms with E-state index in [-0.39, 0.29) is 15.7 Å². The Morgan fingerprint density at radius 3 is 2.48 bits per heavy atom. The number of sulfonamides is 1. The van der Waals surface area contributed by atoms with Crippen LogP contribution in [0.25, 0.3) is 0 Å². The first-order valence-electron chi connectivity index (χ1n) is 8.74. The molecule has 4 rings (SSSR count). The van der Waals surface area contributed by atoms with E-state index in [1.54, 1.807) is 29.3 Å². The van der Waals surface area contributed by atoms with Gasteiger partial charge in [-0.25, -0.2) is 13.4 Å². The largest absolute Gasteiger partial charge is 0.368 e. The molecule has 1 saturated heterocycles. The number of piperidine rings is 1. The fraction of sp³-hybridized carbons (Fsp3) is 0.611. The first kappa shape index (κ1) is 17.0. The Morgan fingerprint density at radius 2 is 1.92 bits per heavy atom. The van der Waals surface area contributed by atoms with Crippen LogP contribution in [-0.4, -0.2) is 31.4 Å². The van der Waals surface area contributed by atoms with E-state index in [0.29, 0.717) is 18.9 Å². The number of rotatable bonds is 4. The maximum Gasteiger partial charge on any atom is 0.253 e. The monoisotopic (exact) mass is 363 g/mol. The van der Waals surface area contributed by atoms with Crippen molar-refractivity contribution in [2.45, 2.75) is 50.5 Å². The number of nitrogens with zero attached hydrogens (tertiary/aromatic N) is 1. The molecular formula is C18H25N3O3S. The van der Waals surface area contributed by atoms with Crippen molar-refractivity contribution < 1.29 is 13.2 Å². The molecule has 3 fully saturated rings. The molecule has 3 aliphatic rings. The molecule has 25 heavy (non-hydrogen) atoms. The summed E-state index contributed by atoms with van der Waals surface area (Å²) in [5, 5.41) is 1.63. The van der Waals surface area contributed by atoms with Gasteiger partial charge in [0.1, 0.15) is 5.54 Å². The van der Waals surface area contributed by atoms with Crippen LogP contribution in [0.5, 0.6) is 0 Å². The first-order valence-corrected chi connectivity index (χ1v) is 10.2. The number of carbonyl (C=O) groups is 1. The lowest BCUT2D eigenvalue weighted by Gasteiger charge is -2.45. The average molecular weight is 363 g/mol. The van der Waals surface area contributed by atoms with Crippen LogP contribution in [-0.2, 0) is 14.8 Å². The van der Waals surface area contributed by atoms with Gasteiger partial charge in [-0.3, -0.25) is 4.79 Å². The van der Waals surface area contributed by atoms with E-state index in [9.17, 15) is 13.2 Å². The summed E-state index contributed by atoms with van der Waals surface area (Å²) in [5.74, 6) is -0.00217. The van der Waals surface area contributed by atoms with E-state index in [4.69, 9.17) is 5.73 Å². The molecule has 4 atom stereocenters. The van der Waals surface area contributed by atoms with Crippen molar-refractivity contribution >= 4 is 15.9 Å². The van der Waals surface area contributed by atoms with Crippen LogP contribution in [0.2, 0.25) is 0 Å². The van der Waals surface area contributed by atoms with Gasteiger partial charge in [-0.05, 0) is 49.7 Å². The molecule has 2 saturated carbocycles. The minimum absolute atomic E-state index is 0.0994. The molecule has 0 radical (unpaired) electrons. The van der Waals surface area contributed by atoms with Crippen molar-refractivity contribution in [3.63, 3.8) is 0 Å². The highest BCUT2D eigenvalue weighted by Crippen LogP contribution is 2.75. The second-order valence-electron chi connectivity index (χ2n) is 8.41. The van der Waals surface area contributed by atoms with Crippen LogP contribution in [0.3, 0.4) is 0 Å². The summed E-state index contributed by atoms with van der Waals surface area (Å²) < 4.78 is 25.7. The second kappa shape index (κ2) is 4.84. The van der Waals surface area contributed by atoms with Crippen molar-refractivity contribution in [3.05, 3.63) is 29.8 Å². The molecule has 1 aliphatic heterocycles. The molecule has 1 aromatic rings. The van der Waals surface area contributed by atoms with E-state index < -0.39 is 21.5 Å². The van der Waals surface area contributed by atoms with Crippen molar-refractivity contribution in [1.29, 1.82) is 0 Å². The molecule has 2 aliphatic carbocycles. The van der Waals surface area contributed by atoms with Crippen LogP contribution in [0.15, 0.2) is 29.2 Å². The van der Waals surface area contributed by atoms with E-state index in [1.807, 2.05) is 6.92 Å². The minimum Gasteiger partial charge on any atom is -0.368 e. The maximum atomic E-state index is 12.9. The van der Waals surface area contributed by atoms with E-state index in [1.165, 1.54) is 0 Å². The van der Waals surface area contributed by atoms with Crippen molar-refractivity contribution in [2.75, 3.05) is 6.54 Å². The summed E-state index contributed by atoms with van der Waals surface area (Å²) in [4.78, 5) is 15.4. The summed E-state index contributed by atoms with van der Waals surface area (Å²) in [6, 6.07) is 6.69. The molecule has 1 heterocycles. The normalized spacial score (nSPS) is 39.9. The van der Waals surface area contributed by atoms with Gasteiger partial charge < -0.3 is 5.73 Å². The number of carbonyl (C=O) groups excluding carboxylic acids is 1. The van der Waals surface area contributed by atoms with Gasteiger partial charge in [0.25, 0.3) is 10.0 Å². The number of aryl methyl sites for hydroxylation is 1. The summed E-state index contributed by atoms with van der Waals surface area (Å²) in [6.07, 6.45) is 2.62. The molecule has 7 heteroatoms. The first-order chi connectivity index (χ1) is 11.6. The Balaban J connectivity index is 1.73.